The molecule has 1 aromatic carbocycles. The molecule has 0 aliphatic carbocycles. The van der Waals surface area contributed by atoms with Crippen molar-refractivity contribution in [1.29, 1.82) is 0 Å². The average molecular weight is 297 g/mol. The molecule has 4 heteroatoms. The fourth-order valence-corrected chi connectivity index (χ4v) is 3.03. The number of carbonyl (C=O) groups excluding carboxylic acids is 1. The maximum absolute atomic E-state index is 12.6. The second-order valence-electron chi connectivity index (χ2n) is 6.31. The van der Waals surface area contributed by atoms with Gasteiger partial charge < -0.3 is 4.90 Å². The number of likely N-dealkylation sites (tertiary alicyclic amines) is 1. The molecule has 1 fully saturated rings. The molecule has 0 radical (unpaired) electrons. The minimum Gasteiger partial charge on any atom is -0.335 e. The number of hydrogen-bond acceptors (Lipinski definition) is 2. The maximum Gasteiger partial charge on any atom is 0.272 e. The highest BCUT2D eigenvalue weighted by Crippen LogP contribution is 2.23. The Bertz CT molecular complexity index is 689. The van der Waals surface area contributed by atoms with Gasteiger partial charge in [0.2, 0.25) is 0 Å². The van der Waals surface area contributed by atoms with E-state index in [1.165, 1.54) is 17.5 Å². The van der Waals surface area contributed by atoms with E-state index in [2.05, 4.69) is 49.2 Å². The lowest BCUT2D eigenvalue weighted by atomic mass is 10.0. The summed E-state index contributed by atoms with van der Waals surface area (Å²) in [6.07, 6.45) is 3.39. The van der Waals surface area contributed by atoms with Crippen LogP contribution >= 0.6 is 0 Å². The van der Waals surface area contributed by atoms with Crippen molar-refractivity contribution >= 4 is 5.91 Å². The first kappa shape index (κ1) is 14.8. The zero-order valence-corrected chi connectivity index (χ0v) is 13.5. The number of aromatic amines is 1. The Morgan fingerprint density at radius 3 is 2.77 bits per heavy atom. The first-order valence-electron chi connectivity index (χ1n) is 8.00. The molecule has 116 valence electrons. The van der Waals surface area contributed by atoms with Crippen LogP contribution < -0.4 is 0 Å². The highest BCUT2D eigenvalue weighted by Gasteiger charge is 2.25. The summed E-state index contributed by atoms with van der Waals surface area (Å²) in [6.45, 7) is 7.15. The van der Waals surface area contributed by atoms with Crippen LogP contribution in [0.25, 0.3) is 11.3 Å². The van der Waals surface area contributed by atoms with Gasteiger partial charge in [0.05, 0.1) is 5.69 Å². The molecule has 22 heavy (non-hydrogen) atoms. The van der Waals surface area contributed by atoms with E-state index in [0.717, 1.165) is 30.6 Å². The van der Waals surface area contributed by atoms with Crippen molar-refractivity contribution in [3.63, 3.8) is 0 Å². The molecular weight excluding hydrogens is 274 g/mol. The Balaban J connectivity index is 1.83. The van der Waals surface area contributed by atoms with Crippen molar-refractivity contribution in [3.05, 3.63) is 41.1 Å². The highest BCUT2D eigenvalue weighted by atomic mass is 16.2. The molecule has 1 amide bonds. The van der Waals surface area contributed by atoms with Crippen LogP contribution in [0.5, 0.6) is 0 Å². The van der Waals surface area contributed by atoms with Crippen LogP contribution in [0.4, 0.5) is 0 Å². The Morgan fingerprint density at radius 1 is 1.23 bits per heavy atom. The van der Waals surface area contributed by atoms with Gasteiger partial charge in [0.25, 0.3) is 5.91 Å². The van der Waals surface area contributed by atoms with Crippen molar-refractivity contribution in [3.8, 4) is 11.3 Å². The first-order chi connectivity index (χ1) is 10.6. The van der Waals surface area contributed by atoms with Crippen molar-refractivity contribution in [2.24, 2.45) is 0 Å². The largest absolute Gasteiger partial charge is 0.335 e. The number of piperidine rings is 1. The zero-order valence-electron chi connectivity index (χ0n) is 13.5. The van der Waals surface area contributed by atoms with Gasteiger partial charge in [-0.3, -0.25) is 9.89 Å². The van der Waals surface area contributed by atoms with Gasteiger partial charge in [-0.25, -0.2) is 0 Å². The van der Waals surface area contributed by atoms with Crippen molar-refractivity contribution < 1.29 is 4.79 Å². The highest BCUT2D eigenvalue weighted by molar-refractivity contribution is 5.93. The van der Waals surface area contributed by atoms with Gasteiger partial charge in [-0.2, -0.15) is 5.10 Å². The fraction of sp³-hybridized carbons (Fsp3) is 0.444. The third-order valence-corrected chi connectivity index (χ3v) is 4.67. The molecule has 2 heterocycles. The molecule has 1 unspecified atom stereocenters. The molecule has 0 saturated carbocycles. The number of amides is 1. The van der Waals surface area contributed by atoms with E-state index in [1.807, 2.05) is 11.0 Å². The van der Waals surface area contributed by atoms with Gasteiger partial charge in [0.1, 0.15) is 5.69 Å². The lowest BCUT2D eigenvalue weighted by molar-refractivity contribution is 0.0629. The summed E-state index contributed by atoms with van der Waals surface area (Å²) in [5, 5.41) is 7.24. The summed E-state index contributed by atoms with van der Waals surface area (Å²) >= 11 is 0. The number of hydrogen-bond donors (Lipinski definition) is 1. The summed E-state index contributed by atoms with van der Waals surface area (Å²) in [5.41, 5.74) is 4.96. The number of H-pyrrole nitrogens is 1. The van der Waals surface area contributed by atoms with Crippen LogP contribution in [0.3, 0.4) is 0 Å². The predicted octanol–water partition coefficient (Wildman–Crippen LogP) is 3.71. The van der Waals surface area contributed by atoms with Crippen LogP contribution in [0, 0.1) is 13.8 Å². The number of benzene rings is 1. The van der Waals surface area contributed by atoms with Crippen molar-refractivity contribution in [2.45, 2.75) is 46.1 Å². The molecule has 1 atom stereocenters. The van der Waals surface area contributed by atoms with Gasteiger partial charge in [-0.05, 0) is 63.3 Å². The lowest BCUT2D eigenvalue weighted by Crippen LogP contribution is -2.42. The summed E-state index contributed by atoms with van der Waals surface area (Å²) < 4.78 is 0. The van der Waals surface area contributed by atoms with Crippen LogP contribution in [0.15, 0.2) is 24.3 Å². The SMILES string of the molecule is Cc1ccc(-c2cc(C(=O)N3CCCCC3C)[nH]n2)cc1C. The standard InChI is InChI=1S/C18H23N3O/c1-12-7-8-15(10-13(12)2)16-11-17(20-19-16)18(22)21-9-5-4-6-14(21)3/h7-8,10-11,14H,4-6,9H2,1-3H3,(H,19,20). The number of aryl methyl sites for hydroxylation is 2. The molecule has 1 aromatic heterocycles. The minimum absolute atomic E-state index is 0.0646. The van der Waals surface area contributed by atoms with E-state index in [1.54, 1.807) is 0 Å². The molecule has 4 nitrogen and oxygen atoms in total. The van der Waals surface area contributed by atoms with Crippen LogP contribution in [0.2, 0.25) is 0 Å². The van der Waals surface area contributed by atoms with E-state index in [4.69, 9.17) is 0 Å². The molecule has 0 bridgehead atoms. The van der Waals surface area contributed by atoms with E-state index in [-0.39, 0.29) is 5.91 Å². The normalized spacial score (nSPS) is 18.5. The van der Waals surface area contributed by atoms with Gasteiger partial charge in [-0.15, -0.1) is 0 Å². The molecule has 2 aromatic rings. The summed E-state index contributed by atoms with van der Waals surface area (Å²) in [4.78, 5) is 14.6. The maximum atomic E-state index is 12.6. The predicted molar refractivity (Wildman–Crippen MR) is 87.8 cm³/mol. The molecule has 1 aliphatic heterocycles. The van der Waals surface area contributed by atoms with E-state index >= 15 is 0 Å². The van der Waals surface area contributed by atoms with Gasteiger partial charge in [-0.1, -0.05) is 12.1 Å². The molecule has 0 spiro atoms. The summed E-state index contributed by atoms with van der Waals surface area (Å²) in [7, 11) is 0. The first-order valence-corrected chi connectivity index (χ1v) is 8.00. The molecular formula is C18H23N3O. The number of aromatic nitrogens is 2. The minimum atomic E-state index is 0.0646. The zero-order chi connectivity index (χ0) is 15.7. The van der Waals surface area contributed by atoms with E-state index in [9.17, 15) is 4.79 Å². The quantitative estimate of drug-likeness (QED) is 0.918. The summed E-state index contributed by atoms with van der Waals surface area (Å²) in [5.74, 6) is 0.0646. The number of nitrogens with zero attached hydrogens (tertiary/aromatic N) is 2. The van der Waals surface area contributed by atoms with Gasteiger partial charge in [0, 0.05) is 18.2 Å². The monoisotopic (exact) mass is 297 g/mol. The molecule has 1 saturated heterocycles. The Morgan fingerprint density at radius 2 is 2.05 bits per heavy atom. The topological polar surface area (TPSA) is 49.0 Å². The number of carbonyl (C=O) groups is 1. The van der Waals surface area contributed by atoms with Gasteiger partial charge >= 0.3 is 0 Å². The van der Waals surface area contributed by atoms with Crippen LogP contribution in [-0.2, 0) is 0 Å². The second-order valence-corrected chi connectivity index (χ2v) is 6.31. The van der Waals surface area contributed by atoms with E-state index < -0.39 is 0 Å². The molecule has 3 rings (SSSR count). The summed E-state index contributed by atoms with van der Waals surface area (Å²) in [6, 6.07) is 8.44. The lowest BCUT2D eigenvalue weighted by Gasteiger charge is -2.32. The van der Waals surface area contributed by atoms with Crippen molar-refractivity contribution in [1.82, 2.24) is 15.1 Å². The van der Waals surface area contributed by atoms with Crippen LogP contribution in [0.1, 0.15) is 47.8 Å². The number of rotatable bonds is 2. The van der Waals surface area contributed by atoms with E-state index in [0.29, 0.717) is 11.7 Å². The molecule has 1 N–H and O–H groups in total. The number of nitrogens with one attached hydrogen (secondary N) is 1. The Labute approximate surface area is 131 Å². The van der Waals surface area contributed by atoms with Crippen LogP contribution in [-0.4, -0.2) is 33.6 Å². The third kappa shape index (κ3) is 2.78. The van der Waals surface area contributed by atoms with Crippen molar-refractivity contribution in [2.75, 3.05) is 6.54 Å². The smallest absolute Gasteiger partial charge is 0.272 e. The third-order valence-electron chi connectivity index (χ3n) is 4.67. The fourth-order valence-electron chi connectivity index (χ4n) is 3.03. The molecule has 1 aliphatic rings. The Kier molecular flexibility index (Phi) is 4.01. The second kappa shape index (κ2) is 5.95. The Hall–Kier alpha value is -2.10. The average Bonchev–Trinajstić information content (AvgIpc) is 3.00. The van der Waals surface area contributed by atoms with Gasteiger partial charge in [0.15, 0.2) is 0 Å².